The molecule has 1 aliphatic rings. The number of carbonyl (C=O) groups is 1. The van der Waals surface area contributed by atoms with Gasteiger partial charge in [0.15, 0.2) is 0 Å². The molecule has 5 nitrogen and oxygen atoms in total. The molecule has 0 radical (unpaired) electrons. The van der Waals surface area contributed by atoms with Crippen LogP contribution < -0.4 is 0 Å². The summed E-state index contributed by atoms with van der Waals surface area (Å²) in [6, 6.07) is 7.45. The lowest BCUT2D eigenvalue weighted by Gasteiger charge is -2.13. The number of aryl methyl sites for hydroxylation is 1. The summed E-state index contributed by atoms with van der Waals surface area (Å²) in [5, 5.41) is 9.35. The number of benzene rings is 1. The number of nitrogens with zero attached hydrogens (tertiary/aromatic N) is 1. The predicted octanol–water partition coefficient (Wildman–Crippen LogP) is 3.86. The second kappa shape index (κ2) is 5.94. The summed E-state index contributed by atoms with van der Waals surface area (Å²) in [5.41, 5.74) is 4.40. The Morgan fingerprint density at radius 2 is 2.18 bits per heavy atom. The maximum Gasteiger partial charge on any atom is 0.506 e. The van der Waals surface area contributed by atoms with Crippen LogP contribution in [-0.4, -0.2) is 16.2 Å². The van der Waals surface area contributed by atoms with Crippen molar-refractivity contribution in [1.82, 2.24) is 4.98 Å². The molecule has 114 valence electrons. The number of rotatable bonds is 3. The van der Waals surface area contributed by atoms with E-state index < -0.39 is 6.16 Å². The van der Waals surface area contributed by atoms with Gasteiger partial charge in [0, 0.05) is 28.0 Å². The number of carboxylic acid groups (broad SMARTS) is 1. The smallest absolute Gasteiger partial charge is 0.450 e. The third kappa shape index (κ3) is 2.77. The molecule has 0 unspecified atom stereocenters. The molecule has 1 aliphatic heterocycles. The van der Waals surface area contributed by atoms with Crippen LogP contribution in [0.4, 0.5) is 4.79 Å². The van der Waals surface area contributed by atoms with Gasteiger partial charge in [-0.05, 0) is 30.2 Å². The van der Waals surface area contributed by atoms with E-state index in [-0.39, 0.29) is 12.7 Å². The standard InChI is InChI=1S/C16H14ClNO4/c1-9-13(7-22-16(19)20)14-8-21-15(12(14)6-18-9)10-2-4-11(17)5-3-10/h2-6,15H,7-8H2,1H3,(H,19,20)/t15-/m0/s1. The highest BCUT2D eigenvalue weighted by atomic mass is 35.5. The second-order valence-corrected chi connectivity index (χ2v) is 5.49. The lowest BCUT2D eigenvalue weighted by molar-refractivity contribution is 0.0820. The van der Waals surface area contributed by atoms with E-state index >= 15 is 0 Å². The van der Waals surface area contributed by atoms with Gasteiger partial charge in [0.25, 0.3) is 0 Å². The van der Waals surface area contributed by atoms with Crippen LogP contribution in [0.15, 0.2) is 30.5 Å². The summed E-state index contributed by atoms with van der Waals surface area (Å²) in [6.45, 7) is 2.22. The SMILES string of the molecule is Cc1ncc2c(c1COC(=O)O)CO[C@H]2c1ccc(Cl)cc1. The van der Waals surface area contributed by atoms with Gasteiger partial charge in [-0.25, -0.2) is 4.79 Å². The molecule has 1 N–H and O–H groups in total. The molecule has 1 atom stereocenters. The van der Waals surface area contributed by atoms with Crippen molar-refractivity contribution in [2.24, 2.45) is 0 Å². The topological polar surface area (TPSA) is 68.7 Å². The average Bonchev–Trinajstić information content (AvgIpc) is 2.91. The molecule has 1 aromatic carbocycles. The van der Waals surface area contributed by atoms with Gasteiger partial charge in [0.2, 0.25) is 0 Å². The highest BCUT2D eigenvalue weighted by molar-refractivity contribution is 6.30. The highest BCUT2D eigenvalue weighted by Gasteiger charge is 2.28. The van der Waals surface area contributed by atoms with E-state index in [1.165, 1.54) is 0 Å². The Balaban J connectivity index is 1.96. The summed E-state index contributed by atoms with van der Waals surface area (Å²) >= 11 is 5.91. The van der Waals surface area contributed by atoms with E-state index in [9.17, 15) is 4.79 Å². The Bertz CT molecular complexity index is 715. The second-order valence-electron chi connectivity index (χ2n) is 5.05. The van der Waals surface area contributed by atoms with Crippen molar-refractivity contribution < 1.29 is 19.4 Å². The zero-order chi connectivity index (χ0) is 15.7. The number of ether oxygens (including phenoxy) is 2. The van der Waals surface area contributed by atoms with Gasteiger partial charge in [-0.15, -0.1) is 0 Å². The molecule has 2 heterocycles. The first-order valence-electron chi connectivity index (χ1n) is 6.76. The Morgan fingerprint density at radius 3 is 2.86 bits per heavy atom. The van der Waals surface area contributed by atoms with Crippen molar-refractivity contribution in [2.75, 3.05) is 0 Å². The van der Waals surface area contributed by atoms with E-state index in [2.05, 4.69) is 4.98 Å². The van der Waals surface area contributed by atoms with Gasteiger partial charge in [-0.2, -0.15) is 0 Å². The van der Waals surface area contributed by atoms with Crippen molar-refractivity contribution >= 4 is 17.8 Å². The molecular weight excluding hydrogens is 306 g/mol. The minimum Gasteiger partial charge on any atom is -0.450 e. The summed E-state index contributed by atoms with van der Waals surface area (Å²) < 4.78 is 10.6. The van der Waals surface area contributed by atoms with E-state index in [0.29, 0.717) is 11.6 Å². The van der Waals surface area contributed by atoms with Crippen molar-refractivity contribution in [3.63, 3.8) is 0 Å². The third-order valence-corrected chi connectivity index (χ3v) is 3.99. The van der Waals surface area contributed by atoms with Crippen LogP contribution in [0, 0.1) is 6.92 Å². The van der Waals surface area contributed by atoms with Gasteiger partial charge in [-0.1, -0.05) is 23.7 Å². The molecule has 22 heavy (non-hydrogen) atoms. The van der Waals surface area contributed by atoms with Crippen molar-refractivity contribution in [3.8, 4) is 0 Å². The molecule has 0 saturated carbocycles. The molecule has 0 bridgehead atoms. The monoisotopic (exact) mass is 319 g/mol. The number of pyridine rings is 1. The van der Waals surface area contributed by atoms with Crippen molar-refractivity contribution in [1.29, 1.82) is 0 Å². The number of fused-ring (bicyclic) bond motifs is 1. The van der Waals surface area contributed by atoms with Gasteiger partial charge in [0.05, 0.1) is 6.61 Å². The Labute approximate surface area is 132 Å². The van der Waals surface area contributed by atoms with E-state index in [1.54, 1.807) is 6.20 Å². The van der Waals surface area contributed by atoms with Crippen LogP contribution in [0.3, 0.4) is 0 Å². The minimum absolute atomic E-state index is 0.0198. The largest absolute Gasteiger partial charge is 0.506 e. The first kappa shape index (κ1) is 14.8. The van der Waals surface area contributed by atoms with Crippen LogP contribution in [0.1, 0.15) is 34.1 Å². The van der Waals surface area contributed by atoms with Gasteiger partial charge < -0.3 is 14.6 Å². The normalized spacial score (nSPS) is 16.4. The minimum atomic E-state index is -1.30. The van der Waals surface area contributed by atoms with Crippen molar-refractivity contribution in [3.05, 3.63) is 63.4 Å². The van der Waals surface area contributed by atoms with Crippen LogP contribution in [0.5, 0.6) is 0 Å². The van der Waals surface area contributed by atoms with Gasteiger partial charge in [-0.3, -0.25) is 4.98 Å². The molecule has 2 aromatic rings. The molecule has 0 amide bonds. The molecular formula is C16H14ClNO4. The molecule has 1 aromatic heterocycles. The van der Waals surface area contributed by atoms with Crippen LogP contribution in [0.2, 0.25) is 5.02 Å². The fraction of sp³-hybridized carbons (Fsp3) is 0.250. The summed E-state index contributed by atoms with van der Waals surface area (Å²) in [5.74, 6) is 0. The van der Waals surface area contributed by atoms with E-state index in [0.717, 1.165) is 27.9 Å². The lowest BCUT2D eigenvalue weighted by Crippen LogP contribution is -2.07. The zero-order valence-corrected chi connectivity index (χ0v) is 12.6. The molecule has 0 saturated heterocycles. The van der Waals surface area contributed by atoms with Crippen molar-refractivity contribution in [2.45, 2.75) is 26.2 Å². The zero-order valence-electron chi connectivity index (χ0n) is 11.9. The molecule has 3 rings (SSSR count). The fourth-order valence-electron chi connectivity index (χ4n) is 2.61. The van der Waals surface area contributed by atoms with Gasteiger partial charge in [0.1, 0.15) is 12.7 Å². The molecule has 6 heteroatoms. The molecule has 0 spiro atoms. The quantitative estimate of drug-likeness (QED) is 0.870. The predicted molar refractivity (Wildman–Crippen MR) is 79.9 cm³/mol. The Kier molecular flexibility index (Phi) is 4.00. The summed E-state index contributed by atoms with van der Waals surface area (Å²) in [7, 11) is 0. The maximum absolute atomic E-state index is 10.6. The van der Waals surface area contributed by atoms with Crippen LogP contribution in [-0.2, 0) is 22.7 Å². The highest BCUT2D eigenvalue weighted by Crippen LogP contribution is 2.38. The summed E-state index contributed by atoms with van der Waals surface area (Å²) in [4.78, 5) is 15.0. The van der Waals surface area contributed by atoms with E-state index in [1.807, 2.05) is 31.2 Å². The van der Waals surface area contributed by atoms with Crippen LogP contribution >= 0.6 is 11.6 Å². The first-order valence-corrected chi connectivity index (χ1v) is 7.14. The molecule has 0 aliphatic carbocycles. The summed E-state index contributed by atoms with van der Waals surface area (Å²) in [6.07, 6.45) is 0.260. The maximum atomic E-state index is 10.6. The fourth-order valence-corrected chi connectivity index (χ4v) is 2.73. The molecule has 0 fully saturated rings. The first-order chi connectivity index (χ1) is 10.6. The number of hydrogen-bond donors (Lipinski definition) is 1. The third-order valence-electron chi connectivity index (χ3n) is 3.74. The van der Waals surface area contributed by atoms with Gasteiger partial charge >= 0.3 is 6.16 Å². The lowest BCUT2D eigenvalue weighted by atomic mass is 9.97. The number of hydrogen-bond acceptors (Lipinski definition) is 4. The van der Waals surface area contributed by atoms with E-state index in [4.69, 9.17) is 26.2 Å². The Morgan fingerprint density at radius 1 is 1.45 bits per heavy atom. The number of halogens is 1. The Hall–Kier alpha value is -2.11. The number of aromatic nitrogens is 1. The average molecular weight is 320 g/mol. The van der Waals surface area contributed by atoms with Crippen LogP contribution in [0.25, 0.3) is 0 Å².